The maximum absolute atomic E-state index is 6.65. The molecule has 4 nitrogen and oxygen atoms in total. The fourth-order valence-electron chi connectivity index (χ4n) is 2.29. The summed E-state index contributed by atoms with van der Waals surface area (Å²) in [6.07, 6.45) is 5.27. The van der Waals surface area contributed by atoms with E-state index >= 15 is 0 Å². The van der Waals surface area contributed by atoms with Gasteiger partial charge in [-0.2, -0.15) is 0 Å². The maximum Gasteiger partial charge on any atom is 0.469 e. The van der Waals surface area contributed by atoms with Gasteiger partial charge in [0.2, 0.25) is 0 Å². The number of hydrogen-bond acceptors (Lipinski definition) is 4. The minimum absolute atomic E-state index is 0.849. The smallest absolute Gasteiger partial charge is 0.417 e. The van der Waals surface area contributed by atoms with Crippen LogP contribution >= 0.6 is 0 Å². The topological polar surface area (TPSA) is 40.0 Å². The third kappa shape index (κ3) is 13.7. The third-order valence-electron chi connectivity index (χ3n) is 2.73. The predicted octanol–water partition coefficient (Wildman–Crippen LogP) is 5.74. The van der Waals surface area contributed by atoms with Crippen molar-refractivity contribution in [2.75, 3.05) is 6.54 Å². The van der Waals surface area contributed by atoms with E-state index in [-0.39, 0.29) is 0 Å². The number of rotatable bonds is 12. The van der Waals surface area contributed by atoms with E-state index < -0.39 is 33.8 Å². The summed E-state index contributed by atoms with van der Waals surface area (Å²) >= 11 is 0. The molecule has 0 spiro atoms. The van der Waals surface area contributed by atoms with E-state index in [4.69, 9.17) is 12.3 Å². The number of nitrogens with zero attached hydrogens (tertiary/aromatic N) is 1. The molecule has 0 amide bonds. The molecule has 0 bridgehead atoms. The molecule has 0 unspecified atom stereocenters. The Labute approximate surface area is 155 Å². The quantitative estimate of drug-likeness (QED) is 0.235. The Kier molecular flexibility index (Phi) is 10.1. The average molecular weight is 408 g/mol. The molecular formula is C16H41NO3Si4. The second-order valence-electron chi connectivity index (χ2n) is 9.31. The van der Waals surface area contributed by atoms with Crippen molar-refractivity contribution in [3.63, 3.8) is 0 Å². The molecule has 144 valence electrons. The van der Waals surface area contributed by atoms with Crippen LogP contribution in [0.5, 0.6) is 0 Å². The minimum Gasteiger partial charge on any atom is -0.417 e. The summed E-state index contributed by atoms with van der Waals surface area (Å²) in [5.74, 6) is 0. The van der Waals surface area contributed by atoms with Gasteiger partial charge in [0.1, 0.15) is 0 Å². The Bertz CT molecular complexity index is 343. The fraction of sp³-hybridized carbons (Fsp3) is 0.938. The molecule has 8 heteroatoms. The van der Waals surface area contributed by atoms with Gasteiger partial charge in [-0.1, -0.05) is 13.3 Å². The molecule has 0 saturated heterocycles. The zero-order chi connectivity index (χ0) is 19.1. The van der Waals surface area contributed by atoms with E-state index in [2.05, 4.69) is 70.8 Å². The third-order valence-corrected chi connectivity index (χ3v) is 14.7. The van der Waals surface area contributed by atoms with E-state index in [1.165, 1.54) is 6.42 Å². The maximum atomic E-state index is 6.65. The van der Waals surface area contributed by atoms with Gasteiger partial charge < -0.3 is 12.3 Å². The van der Waals surface area contributed by atoms with Gasteiger partial charge in [-0.25, -0.2) is 0 Å². The van der Waals surface area contributed by atoms with Crippen LogP contribution in [0.2, 0.25) is 65.0 Å². The second kappa shape index (κ2) is 9.93. The molecule has 0 saturated carbocycles. The van der Waals surface area contributed by atoms with Gasteiger partial charge in [0.15, 0.2) is 25.0 Å². The van der Waals surface area contributed by atoms with Gasteiger partial charge in [0, 0.05) is 12.6 Å². The molecule has 0 atom stereocenters. The Hall–Kier alpha value is 0.418. The fourth-order valence-corrected chi connectivity index (χ4v) is 16.8. The number of hydrogen-bond donors (Lipinski definition) is 0. The van der Waals surface area contributed by atoms with Crippen LogP contribution in [0.3, 0.4) is 0 Å². The zero-order valence-electron chi connectivity index (χ0n) is 17.8. The van der Waals surface area contributed by atoms with Crippen LogP contribution in [0.4, 0.5) is 0 Å². The van der Waals surface area contributed by atoms with Crippen molar-refractivity contribution in [2.24, 2.45) is 4.99 Å². The summed E-state index contributed by atoms with van der Waals surface area (Å²) in [5.41, 5.74) is 0. The summed E-state index contributed by atoms with van der Waals surface area (Å²) in [5, 5.41) is 0. The lowest BCUT2D eigenvalue weighted by molar-refractivity contribution is 0.253. The monoisotopic (exact) mass is 407 g/mol. The van der Waals surface area contributed by atoms with Crippen LogP contribution in [0.25, 0.3) is 0 Å². The SMILES string of the molecule is CCCCN=CCC[Si](O[Si](C)(C)C)(O[Si](C)(C)C)O[Si](C)(C)C. The number of unbranched alkanes of at least 4 members (excludes halogenated alkanes) is 1. The van der Waals surface area contributed by atoms with E-state index in [0.717, 1.165) is 25.4 Å². The Morgan fingerprint density at radius 1 is 0.750 bits per heavy atom. The molecule has 0 aliphatic carbocycles. The van der Waals surface area contributed by atoms with Gasteiger partial charge in [-0.05, 0) is 78.0 Å². The van der Waals surface area contributed by atoms with E-state index in [1.807, 2.05) is 6.21 Å². The Balaban J connectivity index is 5.27. The van der Waals surface area contributed by atoms with Crippen LogP contribution in [0.15, 0.2) is 4.99 Å². The lowest BCUT2D eigenvalue weighted by Crippen LogP contribution is -2.60. The van der Waals surface area contributed by atoms with Gasteiger partial charge in [-0.3, -0.25) is 4.99 Å². The van der Waals surface area contributed by atoms with Gasteiger partial charge >= 0.3 is 8.80 Å². The predicted molar refractivity (Wildman–Crippen MR) is 117 cm³/mol. The van der Waals surface area contributed by atoms with Gasteiger partial charge in [-0.15, -0.1) is 0 Å². The highest BCUT2D eigenvalue weighted by Gasteiger charge is 2.49. The normalized spacial score (nSPS) is 14.6. The van der Waals surface area contributed by atoms with Crippen molar-refractivity contribution >= 4 is 40.0 Å². The Morgan fingerprint density at radius 2 is 1.17 bits per heavy atom. The first-order valence-electron chi connectivity index (χ1n) is 9.27. The van der Waals surface area contributed by atoms with Crippen LogP contribution in [0, 0.1) is 0 Å². The summed E-state index contributed by atoms with van der Waals surface area (Å²) in [6.45, 7) is 23.2. The molecule has 0 radical (unpaired) electrons. The standard InChI is InChI=1S/C16H41NO3Si4/c1-11-12-14-17-15-13-16-24(18-21(2,3)4,19-22(5,6)7)20-23(8,9)10/h15H,11-14,16H2,1-10H3. The van der Waals surface area contributed by atoms with E-state index in [9.17, 15) is 0 Å². The zero-order valence-corrected chi connectivity index (χ0v) is 21.8. The van der Waals surface area contributed by atoms with E-state index in [1.54, 1.807) is 0 Å². The molecule has 0 aliphatic rings. The van der Waals surface area contributed by atoms with Crippen LogP contribution in [-0.2, 0) is 12.3 Å². The molecule has 0 N–H and O–H groups in total. The lowest BCUT2D eigenvalue weighted by atomic mass is 10.3. The number of aliphatic imine (C=N–C) groups is 1. The Morgan fingerprint density at radius 3 is 1.50 bits per heavy atom. The first-order chi connectivity index (χ1) is 10.7. The molecule has 0 aromatic rings. The molecular weight excluding hydrogens is 367 g/mol. The van der Waals surface area contributed by atoms with Crippen molar-refractivity contribution in [1.82, 2.24) is 0 Å². The van der Waals surface area contributed by atoms with Gasteiger partial charge in [0.25, 0.3) is 0 Å². The molecule has 0 aromatic heterocycles. The van der Waals surface area contributed by atoms with E-state index in [0.29, 0.717) is 0 Å². The highest BCUT2D eigenvalue weighted by molar-refractivity contribution is 6.90. The first-order valence-corrected chi connectivity index (χ1v) is 21.4. The molecule has 24 heavy (non-hydrogen) atoms. The summed E-state index contributed by atoms with van der Waals surface area (Å²) < 4.78 is 19.9. The van der Waals surface area contributed by atoms with Crippen LogP contribution in [0.1, 0.15) is 26.2 Å². The van der Waals surface area contributed by atoms with Crippen molar-refractivity contribution in [3.8, 4) is 0 Å². The highest BCUT2D eigenvalue weighted by Crippen LogP contribution is 2.29. The first kappa shape index (κ1) is 24.4. The molecule has 0 fully saturated rings. The minimum atomic E-state index is -2.68. The average Bonchev–Trinajstić information content (AvgIpc) is 2.26. The summed E-state index contributed by atoms with van der Waals surface area (Å²) in [4.78, 5) is 4.52. The largest absolute Gasteiger partial charge is 0.469 e. The molecule has 0 aromatic carbocycles. The van der Waals surface area contributed by atoms with Crippen molar-refractivity contribution in [1.29, 1.82) is 0 Å². The van der Waals surface area contributed by atoms with Crippen molar-refractivity contribution in [3.05, 3.63) is 0 Å². The molecule has 0 rings (SSSR count). The molecule has 0 aliphatic heterocycles. The summed E-state index contributed by atoms with van der Waals surface area (Å²) in [7, 11) is -7.96. The lowest BCUT2D eigenvalue weighted by Gasteiger charge is -2.42. The summed E-state index contributed by atoms with van der Waals surface area (Å²) in [6, 6.07) is 0.849. The highest BCUT2D eigenvalue weighted by atomic mass is 28.5. The van der Waals surface area contributed by atoms with Crippen LogP contribution < -0.4 is 0 Å². The van der Waals surface area contributed by atoms with Crippen molar-refractivity contribution in [2.45, 2.75) is 91.2 Å². The van der Waals surface area contributed by atoms with Crippen LogP contribution in [-0.4, -0.2) is 46.5 Å². The molecule has 0 heterocycles. The van der Waals surface area contributed by atoms with Gasteiger partial charge in [0.05, 0.1) is 0 Å². The second-order valence-corrected chi connectivity index (χ2v) is 26.3. The van der Waals surface area contributed by atoms with Crippen molar-refractivity contribution < 1.29 is 12.3 Å².